The summed E-state index contributed by atoms with van der Waals surface area (Å²) in [6.45, 7) is 2.56. The maximum Gasteiger partial charge on any atom is 0.407 e. The van der Waals surface area contributed by atoms with Crippen LogP contribution in [0.4, 0.5) is 4.79 Å². The molecule has 1 heterocycles. The van der Waals surface area contributed by atoms with Crippen LogP contribution in [0.15, 0.2) is 48.5 Å². The van der Waals surface area contributed by atoms with E-state index in [1.54, 1.807) is 0 Å². The first-order chi connectivity index (χ1) is 16.5. The molecule has 34 heavy (non-hydrogen) atoms. The Bertz CT molecular complexity index is 1010. The molecule has 0 aromatic heterocycles. The number of aliphatic carboxylic acids is 1. The quantitative estimate of drug-likeness (QED) is 0.618. The van der Waals surface area contributed by atoms with Gasteiger partial charge < -0.3 is 24.8 Å². The molecule has 2 aliphatic rings. The van der Waals surface area contributed by atoms with Crippen LogP contribution in [-0.2, 0) is 19.1 Å². The fourth-order valence-electron chi connectivity index (χ4n) is 4.67. The van der Waals surface area contributed by atoms with Crippen molar-refractivity contribution in [1.82, 2.24) is 10.2 Å². The number of rotatable bonds is 8. The number of alkyl carbamates (subject to hydrolysis) is 1. The molecule has 2 N–H and O–H groups in total. The number of hydrogen-bond donors (Lipinski definition) is 2. The van der Waals surface area contributed by atoms with Gasteiger partial charge >= 0.3 is 12.1 Å². The highest BCUT2D eigenvalue weighted by atomic mass is 16.5. The lowest BCUT2D eigenvalue weighted by atomic mass is 9.98. The van der Waals surface area contributed by atoms with Crippen LogP contribution in [0.3, 0.4) is 0 Å². The van der Waals surface area contributed by atoms with E-state index in [9.17, 15) is 19.5 Å². The van der Waals surface area contributed by atoms with Gasteiger partial charge in [0.1, 0.15) is 12.6 Å². The van der Waals surface area contributed by atoms with Crippen molar-refractivity contribution >= 4 is 18.0 Å². The van der Waals surface area contributed by atoms with E-state index in [1.807, 2.05) is 43.3 Å². The summed E-state index contributed by atoms with van der Waals surface area (Å²) < 4.78 is 10.8. The summed E-state index contributed by atoms with van der Waals surface area (Å²) in [5.41, 5.74) is 4.51. The molecular weight excluding hydrogens is 436 g/mol. The molecule has 8 heteroatoms. The average Bonchev–Trinajstić information content (AvgIpc) is 3.18. The third kappa shape index (κ3) is 5.07. The number of ether oxygens (including phenoxy) is 2. The molecule has 1 aliphatic heterocycles. The van der Waals surface area contributed by atoms with Crippen LogP contribution >= 0.6 is 0 Å². The third-order valence-corrected chi connectivity index (χ3v) is 6.43. The topological polar surface area (TPSA) is 105 Å². The second-order valence-electron chi connectivity index (χ2n) is 8.65. The van der Waals surface area contributed by atoms with Gasteiger partial charge in [0.15, 0.2) is 6.10 Å². The van der Waals surface area contributed by atoms with Gasteiger partial charge in [-0.05, 0) is 28.7 Å². The SMILES string of the molecule is CCCC[C@H](NC(=O)OCC1c2ccccc2-c2ccccc21)C(=O)N1CCOC(C(=O)O)C1. The van der Waals surface area contributed by atoms with Crippen molar-refractivity contribution in [1.29, 1.82) is 0 Å². The highest BCUT2D eigenvalue weighted by Crippen LogP contribution is 2.44. The number of unbranched alkanes of at least 4 members (excludes halogenated alkanes) is 1. The maximum atomic E-state index is 13.1. The van der Waals surface area contributed by atoms with Crippen molar-refractivity contribution in [3.05, 3.63) is 59.7 Å². The van der Waals surface area contributed by atoms with Gasteiger partial charge in [-0.3, -0.25) is 4.79 Å². The molecule has 2 aromatic rings. The van der Waals surface area contributed by atoms with Crippen LogP contribution < -0.4 is 5.32 Å². The van der Waals surface area contributed by atoms with Crippen molar-refractivity contribution in [2.75, 3.05) is 26.3 Å². The van der Waals surface area contributed by atoms with Crippen LogP contribution in [-0.4, -0.2) is 66.4 Å². The van der Waals surface area contributed by atoms with E-state index in [1.165, 1.54) is 4.90 Å². The Kier molecular flexibility index (Phi) is 7.47. The number of carboxylic acid groups (broad SMARTS) is 1. The Morgan fingerprint density at radius 3 is 2.38 bits per heavy atom. The number of nitrogens with zero attached hydrogens (tertiary/aromatic N) is 1. The molecule has 2 amide bonds. The zero-order chi connectivity index (χ0) is 24.1. The van der Waals surface area contributed by atoms with Gasteiger partial charge in [0.2, 0.25) is 5.91 Å². The Morgan fingerprint density at radius 2 is 1.76 bits per heavy atom. The second-order valence-corrected chi connectivity index (χ2v) is 8.65. The molecule has 1 fully saturated rings. The van der Waals surface area contributed by atoms with Gasteiger partial charge in [0.05, 0.1) is 13.2 Å². The van der Waals surface area contributed by atoms with Crippen molar-refractivity contribution < 1.29 is 29.0 Å². The number of fused-ring (bicyclic) bond motifs is 3. The number of nitrogens with one attached hydrogen (secondary N) is 1. The Morgan fingerprint density at radius 1 is 1.12 bits per heavy atom. The van der Waals surface area contributed by atoms with Crippen molar-refractivity contribution in [3.8, 4) is 11.1 Å². The van der Waals surface area contributed by atoms with E-state index >= 15 is 0 Å². The standard InChI is InChI=1S/C26H30N2O6/c1-2-3-12-22(24(29)28-13-14-33-23(15-28)25(30)31)27-26(32)34-16-21-19-10-6-4-8-17(19)18-9-5-7-11-20(18)21/h4-11,21-23H,2-3,12-16H2,1H3,(H,27,32)(H,30,31)/t22-,23?/m0/s1. The molecule has 1 unspecified atom stereocenters. The summed E-state index contributed by atoms with van der Waals surface area (Å²) in [4.78, 5) is 38.6. The summed E-state index contributed by atoms with van der Waals surface area (Å²) in [5, 5.41) is 11.9. The normalized spacial score (nSPS) is 18.0. The number of carbonyl (C=O) groups excluding carboxylic acids is 2. The summed E-state index contributed by atoms with van der Waals surface area (Å²) in [7, 11) is 0. The molecular formula is C26H30N2O6. The molecule has 0 bridgehead atoms. The monoisotopic (exact) mass is 466 g/mol. The third-order valence-electron chi connectivity index (χ3n) is 6.43. The number of hydrogen-bond acceptors (Lipinski definition) is 5. The van der Waals surface area contributed by atoms with Gasteiger partial charge in [-0.25, -0.2) is 9.59 Å². The fraction of sp³-hybridized carbons (Fsp3) is 0.423. The van der Waals surface area contributed by atoms with Gasteiger partial charge in [0, 0.05) is 12.5 Å². The average molecular weight is 467 g/mol. The minimum atomic E-state index is -1.10. The van der Waals surface area contributed by atoms with E-state index in [2.05, 4.69) is 17.4 Å². The van der Waals surface area contributed by atoms with Crippen LogP contribution in [0.1, 0.15) is 43.2 Å². The molecule has 8 nitrogen and oxygen atoms in total. The van der Waals surface area contributed by atoms with Crippen LogP contribution in [0, 0.1) is 0 Å². The minimum Gasteiger partial charge on any atom is -0.479 e. The number of morpholine rings is 1. The van der Waals surface area contributed by atoms with Crippen LogP contribution in [0.25, 0.3) is 11.1 Å². The zero-order valence-electron chi connectivity index (χ0n) is 19.2. The number of carboxylic acids is 1. The molecule has 1 aliphatic carbocycles. The van der Waals surface area contributed by atoms with Gasteiger partial charge in [-0.15, -0.1) is 0 Å². The van der Waals surface area contributed by atoms with Gasteiger partial charge in [-0.1, -0.05) is 68.3 Å². The van der Waals surface area contributed by atoms with Crippen molar-refractivity contribution in [2.45, 2.75) is 44.2 Å². The Balaban J connectivity index is 1.41. The summed E-state index contributed by atoms with van der Waals surface area (Å²) in [6, 6.07) is 15.4. The number of benzene rings is 2. The van der Waals surface area contributed by atoms with E-state index in [4.69, 9.17) is 9.47 Å². The minimum absolute atomic E-state index is 0.0385. The Labute approximate surface area is 198 Å². The fourth-order valence-corrected chi connectivity index (χ4v) is 4.67. The predicted octanol–water partition coefficient (Wildman–Crippen LogP) is 3.40. The van der Waals surface area contributed by atoms with Crippen LogP contribution in [0.2, 0.25) is 0 Å². The molecule has 0 radical (unpaired) electrons. The first-order valence-electron chi connectivity index (χ1n) is 11.7. The van der Waals surface area contributed by atoms with Gasteiger partial charge in [0.25, 0.3) is 0 Å². The number of amides is 2. The smallest absolute Gasteiger partial charge is 0.407 e. The first-order valence-corrected chi connectivity index (χ1v) is 11.7. The molecule has 2 aromatic carbocycles. The highest BCUT2D eigenvalue weighted by Gasteiger charge is 2.34. The van der Waals surface area contributed by atoms with E-state index in [-0.39, 0.29) is 38.1 Å². The van der Waals surface area contributed by atoms with Crippen LogP contribution in [0.5, 0.6) is 0 Å². The first kappa shape index (κ1) is 23.8. The van der Waals surface area contributed by atoms with E-state index in [0.717, 1.165) is 35.1 Å². The van der Waals surface area contributed by atoms with E-state index in [0.29, 0.717) is 6.42 Å². The van der Waals surface area contributed by atoms with Crippen molar-refractivity contribution in [2.24, 2.45) is 0 Å². The lowest BCUT2D eigenvalue weighted by Crippen LogP contribution is -2.55. The zero-order valence-corrected chi connectivity index (χ0v) is 19.2. The maximum absolute atomic E-state index is 13.1. The second kappa shape index (κ2) is 10.7. The Hall–Kier alpha value is -3.39. The molecule has 0 spiro atoms. The number of carbonyl (C=O) groups is 3. The lowest BCUT2D eigenvalue weighted by molar-refractivity contribution is -0.160. The predicted molar refractivity (Wildman–Crippen MR) is 125 cm³/mol. The molecule has 180 valence electrons. The summed E-state index contributed by atoms with van der Waals surface area (Å²) in [5.74, 6) is -1.48. The summed E-state index contributed by atoms with van der Waals surface area (Å²) in [6.07, 6.45) is 0.344. The van der Waals surface area contributed by atoms with Gasteiger partial charge in [-0.2, -0.15) is 0 Å². The highest BCUT2D eigenvalue weighted by molar-refractivity contribution is 5.86. The van der Waals surface area contributed by atoms with Crippen molar-refractivity contribution in [3.63, 3.8) is 0 Å². The largest absolute Gasteiger partial charge is 0.479 e. The molecule has 1 saturated heterocycles. The molecule has 2 atom stereocenters. The summed E-state index contributed by atoms with van der Waals surface area (Å²) >= 11 is 0. The van der Waals surface area contributed by atoms with E-state index < -0.39 is 24.2 Å². The molecule has 0 saturated carbocycles. The lowest BCUT2D eigenvalue weighted by Gasteiger charge is -2.33. The molecule has 4 rings (SSSR count).